The zero-order chi connectivity index (χ0) is 11.8. The van der Waals surface area contributed by atoms with Gasteiger partial charge in [0.25, 0.3) is 0 Å². The SMILES string of the molecule is CCc1ccc2nc3c(c(N)c2c1)CCCO3. The van der Waals surface area contributed by atoms with Crippen LogP contribution in [0.3, 0.4) is 0 Å². The predicted molar refractivity (Wildman–Crippen MR) is 69.3 cm³/mol. The molecule has 0 amide bonds. The molecule has 2 heterocycles. The zero-order valence-corrected chi connectivity index (χ0v) is 9.99. The van der Waals surface area contributed by atoms with Gasteiger partial charge in [0, 0.05) is 16.6 Å². The van der Waals surface area contributed by atoms with Crippen LogP contribution in [-0.4, -0.2) is 11.6 Å². The van der Waals surface area contributed by atoms with Crippen LogP contribution in [0.25, 0.3) is 10.9 Å². The van der Waals surface area contributed by atoms with Crippen molar-refractivity contribution >= 4 is 16.6 Å². The average Bonchev–Trinajstić information content (AvgIpc) is 2.39. The van der Waals surface area contributed by atoms with E-state index in [2.05, 4.69) is 24.0 Å². The van der Waals surface area contributed by atoms with E-state index in [1.54, 1.807) is 0 Å². The van der Waals surface area contributed by atoms with E-state index in [-0.39, 0.29) is 0 Å². The molecule has 0 atom stereocenters. The molecule has 17 heavy (non-hydrogen) atoms. The number of nitrogens with zero attached hydrogens (tertiary/aromatic N) is 1. The smallest absolute Gasteiger partial charge is 0.219 e. The van der Waals surface area contributed by atoms with Crippen molar-refractivity contribution in [3.05, 3.63) is 29.3 Å². The van der Waals surface area contributed by atoms with Crippen LogP contribution in [-0.2, 0) is 12.8 Å². The molecule has 88 valence electrons. The summed E-state index contributed by atoms with van der Waals surface area (Å²) < 4.78 is 5.58. The molecule has 0 saturated heterocycles. The first kappa shape index (κ1) is 10.4. The van der Waals surface area contributed by atoms with Crippen molar-refractivity contribution in [3.8, 4) is 5.88 Å². The standard InChI is InChI=1S/C14H16N2O/c1-2-9-5-6-12-11(8-9)13(15)10-4-3-7-17-14(10)16-12/h5-6,8H,2-4,7H2,1H3,(H2,15,16). The Morgan fingerprint density at radius 2 is 2.29 bits per heavy atom. The third-order valence-corrected chi connectivity index (χ3v) is 3.37. The summed E-state index contributed by atoms with van der Waals surface area (Å²) in [5.74, 6) is 0.727. The molecular weight excluding hydrogens is 212 g/mol. The van der Waals surface area contributed by atoms with Crippen molar-refractivity contribution in [2.75, 3.05) is 12.3 Å². The molecule has 2 aromatic rings. The lowest BCUT2D eigenvalue weighted by molar-refractivity contribution is 0.278. The summed E-state index contributed by atoms with van der Waals surface area (Å²) in [6.45, 7) is 2.89. The highest BCUT2D eigenvalue weighted by atomic mass is 16.5. The van der Waals surface area contributed by atoms with Crippen LogP contribution in [0.2, 0.25) is 0 Å². The topological polar surface area (TPSA) is 48.1 Å². The molecule has 2 N–H and O–H groups in total. The van der Waals surface area contributed by atoms with Crippen LogP contribution in [0, 0.1) is 0 Å². The first-order valence-corrected chi connectivity index (χ1v) is 6.13. The number of benzene rings is 1. The highest BCUT2D eigenvalue weighted by Gasteiger charge is 2.17. The number of ether oxygens (including phenoxy) is 1. The van der Waals surface area contributed by atoms with Gasteiger partial charge in [0.1, 0.15) is 0 Å². The maximum Gasteiger partial charge on any atom is 0.219 e. The Bertz CT molecular complexity index is 578. The minimum absolute atomic E-state index is 0.727. The van der Waals surface area contributed by atoms with Crippen LogP contribution in [0.4, 0.5) is 5.69 Å². The fraction of sp³-hybridized carbons (Fsp3) is 0.357. The number of aryl methyl sites for hydroxylation is 1. The second-order valence-corrected chi connectivity index (χ2v) is 4.47. The maximum absolute atomic E-state index is 6.24. The van der Waals surface area contributed by atoms with Gasteiger partial charge in [-0.3, -0.25) is 0 Å². The maximum atomic E-state index is 6.24. The fourth-order valence-corrected chi connectivity index (χ4v) is 2.35. The van der Waals surface area contributed by atoms with Crippen molar-refractivity contribution < 1.29 is 4.74 Å². The molecule has 0 unspecified atom stereocenters. The van der Waals surface area contributed by atoms with Crippen molar-refractivity contribution in [1.29, 1.82) is 0 Å². The number of rotatable bonds is 1. The van der Waals surface area contributed by atoms with Crippen molar-refractivity contribution in [1.82, 2.24) is 4.98 Å². The molecule has 3 rings (SSSR count). The Kier molecular flexibility index (Phi) is 2.39. The van der Waals surface area contributed by atoms with E-state index >= 15 is 0 Å². The summed E-state index contributed by atoms with van der Waals surface area (Å²) in [6, 6.07) is 6.28. The van der Waals surface area contributed by atoms with Crippen LogP contribution < -0.4 is 10.5 Å². The lowest BCUT2D eigenvalue weighted by Crippen LogP contribution is -2.12. The first-order valence-electron chi connectivity index (χ1n) is 6.13. The van der Waals surface area contributed by atoms with Gasteiger partial charge in [-0.25, -0.2) is 4.98 Å². The number of nitrogens with two attached hydrogens (primary N) is 1. The Morgan fingerprint density at radius 3 is 3.12 bits per heavy atom. The van der Waals surface area contributed by atoms with Gasteiger partial charge in [0.15, 0.2) is 0 Å². The Hall–Kier alpha value is -1.77. The molecule has 0 fully saturated rings. The molecule has 0 spiro atoms. The van der Waals surface area contributed by atoms with Gasteiger partial charge < -0.3 is 10.5 Å². The molecule has 0 aliphatic carbocycles. The molecule has 3 nitrogen and oxygen atoms in total. The van der Waals surface area contributed by atoms with Gasteiger partial charge in [-0.1, -0.05) is 13.0 Å². The second-order valence-electron chi connectivity index (χ2n) is 4.47. The van der Waals surface area contributed by atoms with Gasteiger partial charge in [-0.2, -0.15) is 0 Å². The molecule has 1 aromatic heterocycles. The third-order valence-electron chi connectivity index (χ3n) is 3.37. The lowest BCUT2D eigenvalue weighted by Gasteiger charge is -2.19. The zero-order valence-electron chi connectivity index (χ0n) is 9.99. The van der Waals surface area contributed by atoms with E-state index < -0.39 is 0 Å². The van der Waals surface area contributed by atoms with Gasteiger partial charge in [0.2, 0.25) is 5.88 Å². The van der Waals surface area contributed by atoms with E-state index in [0.717, 1.165) is 53.9 Å². The molecule has 0 bridgehead atoms. The summed E-state index contributed by atoms with van der Waals surface area (Å²) >= 11 is 0. The van der Waals surface area contributed by atoms with Gasteiger partial charge >= 0.3 is 0 Å². The minimum Gasteiger partial charge on any atom is -0.477 e. The van der Waals surface area contributed by atoms with Gasteiger partial charge in [-0.05, 0) is 37.0 Å². The highest BCUT2D eigenvalue weighted by Crippen LogP contribution is 2.33. The Labute approximate surface area is 101 Å². The quantitative estimate of drug-likeness (QED) is 0.816. The number of fused-ring (bicyclic) bond motifs is 2. The molecule has 0 saturated carbocycles. The predicted octanol–water partition coefficient (Wildman–Crippen LogP) is 2.70. The largest absolute Gasteiger partial charge is 0.477 e. The van der Waals surface area contributed by atoms with E-state index in [9.17, 15) is 0 Å². The first-order chi connectivity index (χ1) is 8.29. The second kappa shape index (κ2) is 3.91. The number of aromatic nitrogens is 1. The number of hydrogen-bond donors (Lipinski definition) is 1. The summed E-state index contributed by atoms with van der Waals surface area (Å²) in [7, 11) is 0. The van der Waals surface area contributed by atoms with E-state index in [4.69, 9.17) is 10.5 Å². The Balaban J connectivity index is 2.28. The van der Waals surface area contributed by atoms with E-state index in [1.165, 1.54) is 5.56 Å². The van der Waals surface area contributed by atoms with E-state index in [0.29, 0.717) is 0 Å². The molecule has 1 aromatic carbocycles. The lowest BCUT2D eigenvalue weighted by atomic mass is 10.0. The normalized spacial score (nSPS) is 14.4. The Morgan fingerprint density at radius 1 is 1.41 bits per heavy atom. The highest BCUT2D eigenvalue weighted by molar-refractivity contribution is 5.93. The molecule has 1 aliphatic heterocycles. The van der Waals surface area contributed by atoms with Gasteiger partial charge in [0.05, 0.1) is 12.1 Å². The van der Waals surface area contributed by atoms with Crippen molar-refractivity contribution in [2.24, 2.45) is 0 Å². The van der Waals surface area contributed by atoms with Crippen LogP contribution >= 0.6 is 0 Å². The molecule has 3 heteroatoms. The fourth-order valence-electron chi connectivity index (χ4n) is 2.35. The summed E-state index contributed by atoms with van der Waals surface area (Å²) in [6.07, 6.45) is 3.02. The molecular formula is C14H16N2O. The summed E-state index contributed by atoms with van der Waals surface area (Å²) in [5.41, 5.74) is 10.4. The molecule has 1 aliphatic rings. The monoisotopic (exact) mass is 228 g/mol. The van der Waals surface area contributed by atoms with Gasteiger partial charge in [-0.15, -0.1) is 0 Å². The summed E-state index contributed by atoms with van der Waals surface area (Å²) in [4.78, 5) is 4.55. The van der Waals surface area contributed by atoms with Crippen LogP contribution in [0.5, 0.6) is 5.88 Å². The van der Waals surface area contributed by atoms with Crippen molar-refractivity contribution in [3.63, 3.8) is 0 Å². The number of anilines is 1. The van der Waals surface area contributed by atoms with Crippen molar-refractivity contribution in [2.45, 2.75) is 26.2 Å². The van der Waals surface area contributed by atoms with Crippen LogP contribution in [0.1, 0.15) is 24.5 Å². The van der Waals surface area contributed by atoms with E-state index in [1.807, 2.05) is 6.07 Å². The number of nitrogen functional groups attached to an aromatic ring is 1. The minimum atomic E-state index is 0.727. The average molecular weight is 228 g/mol. The molecule has 0 radical (unpaired) electrons. The third kappa shape index (κ3) is 1.62. The number of hydrogen-bond acceptors (Lipinski definition) is 3. The number of pyridine rings is 1. The van der Waals surface area contributed by atoms with Crippen LogP contribution in [0.15, 0.2) is 18.2 Å². The summed E-state index contributed by atoms with van der Waals surface area (Å²) in [5, 5.41) is 1.06.